The van der Waals surface area contributed by atoms with Crippen LogP contribution in [0, 0.1) is 11.6 Å². The zero-order chi connectivity index (χ0) is 14.4. The second kappa shape index (κ2) is 4.52. The predicted molar refractivity (Wildman–Crippen MR) is 76.3 cm³/mol. The average Bonchev–Trinajstić information content (AvgIpc) is 2.68. The zero-order valence-corrected chi connectivity index (χ0v) is 11.7. The summed E-state index contributed by atoms with van der Waals surface area (Å²) in [5, 5.41) is 0. The number of halogens is 3. The third kappa shape index (κ3) is 1.78. The van der Waals surface area contributed by atoms with Gasteiger partial charge in [-0.2, -0.15) is 0 Å². The molecule has 0 bridgehead atoms. The molecule has 0 saturated carbocycles. The van der Waals surface area contributed by atoms with Crippen molar-refractivity contribution in [2.24, 2.45) is 0 Å². The third-order valence-corrected chi connectivity index (χ3v) is 3.78. The highest BCUT2D eigenvalue weighted by atomic mass is 79.9. The number of amides is 1. The van der Waals surface area contributed by atoms with Gasteiger partial charge in [-0.05, 0) is 28.1 Å². The fourth-order valence-electron chi connectivity index (χ4n) is 2.22. The van der Waals surface area contributed by atoms with Gasteiger partial charge in [0.25, 0.3) is 5.91 Å². The van der Waals surface area contributed by atoms with Crippen molar-refractivity contribution < 1.29 is 13.6 Å². The summed E-state index contributed by atoms with van der Waals surface area (Å²) in [5.41, 5.74) is 1.25. The summed E-state index contributed by atoms with van der Waals surface area (Å²) in [6.45, 7) is 3.80. The van der Waals surface area contributed by atoms with E-state index in [-0.39, 0.29) is 10.2 Å². The second-order valence-electron chi connectivity index (χ2n) is 4.35. The Morgan fingerprint density at radius 3 is 2.35 bits per heavy atom. The molecule has 0 fully saturated rings. The molecule has 0 atom stereocenters. The van der Waals surface area contributed by atoms with Crippen LogP contribution in [-0.4, -0.2) is 5.91 Å². The summed E-state index contributed by atoms with van der Waals surface area (Å²) in [6, 6.07) is 8.81. The van der Waals surface area contributed by atoms with Gasteiger partial charge >= 0.3 is 0 Å². The van der Waals surface area contributed by atoms with E-state index in [1.807, 2.05) is 0 Å². The number of carbonyl (C=O) groups excluding carboxylic acids is 1. The molecule has 0 unspecified atom stereocenters. The van der Waals surface area contributed by atoms with Crippen molar-refractivity contribution in [3.05, 3.63) is 70.2 Å². The summed E-state index contributed by atoms with van der Waals surface area (Å²) in [5.74, 6) is -1.75. The molecule has 0 spiro atoms. The van der Waals surface area contributed by atoms with Crippen molar-refractivity contribution in [2.75, 3.05) is 4.90 Å². The number of carbonyl (C=O) groups is 1. The predicted octanol–water partition coefficient (Wildman–Crippen LogP) is 4.36. The molecule has 2 nitrogen and oxygen atoms in total. The standard InChI is InChI=1S/C15H8BrF2NO/c1-8-9-4-2-3-5-10(9)15(20)19(8)14-7-12(17)11(16)6-13(14)18/h2-7H,1H2. The molecule has 1 aliphatic rings. The van der Waals surface area contributed by atoms with E-state index in [0.717, 1.165) is 17.0 Å². The fourth-order valence-corrected chi connectivity index (χ4v) is 2.54. The molecule has 1 heterocycles. The van der Waals surface area contributed by atoms with Gasteiger partial charge in [0.15, 0.2) is 0 Å². The van der Waals surface area contributed by atoms with Crippen LogP contribution in [0.25, 0.3) is 5.70 Å². The summed E-state index contributed by atoms with van der Waals surface area (Å²) in [4.78, 5) is 13.4. The second-order valence-corrected chi connectivity index (χ2v) is 5.20. The Morgan fingerprint density at radius 1 is 1.05 bits per heavy atom. The molecule has 2 aromatic carbocycles. The summed E-state index contributed by atoms with van der Waals surface area (Å²) < 4.78 is 27.6. The molecular formula is C15H8BrF2NO. The highest BCUT2D eigenvalue weighted by Gasteiger charge is 2.33. The maximum Gasteiger partial charge on any atom is 0.263 e. The molecule has 5 heteroatoms. The first-order valence-electron chi connectivity index (χ1n) is 5.78. The van der Waals surface area contributed by atoms with Crippen molar-refractivity contribution in [1.29, 1.82) is 0 Å². The summed E-state index contributed by atoms with van der Waals surface area (Å²) in [6.07, 6.45) is 0. The van der Waals surface area contributed by atoms with Crippen molar-refractivity contribution in [3.8, 4) is 0 Å². The summed E-state index contributed by atoms with van der Waals surface area (Å²) >= 11 is 2.91. The van der Waals surface area contributed by atoms with Gasteiger partial charge in [-0.25, -0.2) is 8.78 Å². The van der Waals surface area contributed by atoms with Crippen LogP contribution in [0.4, 0.5) is 14.5 Å². The molecule has 20 heavy (non-hydrogen) atoms. The molecule has 0 N–H and O–H groups in total. The van der Waals surface area contributed by atoms with Crippen LogP contribution in [0.3, 0.4) is 0 Å². The van der Waals surface area contributed by atoms with Crippen molar-refractivity contribution in [2.45, 2.75) is 0 Å². The third-order valence-electron chi connectivity index (χ3n) is 3.17. The monoisotopic (exact) mass is 335 g/mol. The van der Waals surface area contributed by atoms with Crippen LogP contribution in [0.1, 0.15) is 15.9 Å². The first-order valence-corrected chi connectivity index (χ1v) is 6.57. The van der Waals surface area contributed by atoms with Gasteiger partial charge in [0.05, 0.1) is 15.9 Å². The van der Waals surface area contributed by atoms with Crippen LogP contribution in [0.2, 0.25) is 0 Å². The van der Waals surface area contributed by atoms with E-state index in [4.69, 9.17) is 0 Å². The van der Waals surface area contributed by atoms with Crippen LogP contribution >= 0.6 is 15.9 Å². The molecule has 0 aliphatic carbocycles. The Kier molecular flexibility index (Phi) is 2.94. The van der Waals surface area contributed by atoms with Gasteiger partial charge in [0.2, 0.25) is 0 Å². The molecule has 0 saturated heterocycles. The minimum absolute atomic E-state index is 0.00789. The van der Waals surface area contributed by atoms with E-state index < -0.39 is 17.5 Å². The Hall–Kier alpha value is -2.01. The maximum atomic E-state index is 14.0. The van der Waals surface area contributed by atoms with E-state index in [1.165, 1.54) is 0 Å². The van der Waals surface area contributed by atoms with E-state index in [1.54, 1.807) is 24.3 Å². The van der Waals surface area contributed by atoms with Gasteiger partial charge < -0.3 is 0 Å². The smallest absolute Gasteiger partial charge is 0.263 e. The van der Waals surface area contributed by atoms with E-state index >= 15 is 0 Å². The van der Waals surface area contributed by atoms with Gasteiger partial charge in [-0.3, -0.25) is 9.69 Å². The summed E-state index contributed by atoms with van der Waals surface area (Å²) in [7, 11) is 0. The topological polar surface area (TPSA) is 20.3 Å². The van der Waals surface area contributed by atoms with Gasteiger partial charge in [-0.15, -0.1) is 0 Å². The lowest BCUT2D eigenvalue weighted by atomic mass is 10.1. The maximum absolute atomic E-state index is 14.0. The van der Waals surface area contributed by atoms with Gasteiger partial charge in [0, 0.05) is 17.2 Å². The lowest BCUT2D eigenvalue weighted by molar-refractivity contribution is 0.100. The van der Waals surface area contributed by atoms with E-state index in [9.17, 15) is 13.6 Å². The Morgan fingerprint density at radius 2 is 1.70 bits per heavy atom. The van der Waals surface area contributed by atoms with Crippen LogP contribution in [-0.2, 0) is 0 Å². The Labute approximate surface area is 122 Å². The number of fused-ring (bicyclic) bond motifs is 1. The molecule has 3 rings (SSSR count). The van der Waals surface area contributed by atoms with Crippen molar-refractivity contribution in [3.63, 3.8) is 0 Å². The molecule has 2 aromatic rings. The fraction of sp³-hybridized carbons (Fsp3) is 0. The number of benzene rings is 2. The van der Waals surface area contributed by atoms with E-state index in [2.05, 4.69) is 22.5 Å². The molecule has 1 aliphatic heterocycles. The molecule has 100 valence electrons. The average molecular weight is 336 g/mol. The van der Waals surface area contributed by atoms with Crippen LogP contribution < -0.4 is 4.90 Å². The number of hydrogen-bond donors (Lipinski definition) is 0. The minimum atomic E-state index is -0.694. The first-order chi connectivity index (χ1) is 9.50. The Balaban J connectivity index is 2.17. The highest BCUT2D eigenvalue weighted by molar-refractivity contribution is 9.10. The lowest BCUT2D eigenvalue weighted by Crippen LogP contribution is -2.23. The quantitative estimate of drug-likeness (QED) is 0.709. The normalized spacial score (nSPS) is 13.8. The number of nitrogens with zero attached hydrogens (tertiary/aromatic N) is 1. The minimum Gasteiger partial charge on any atom is -0.274 e. The molecule has 0 radical (unpaired) electrons. The van der Waals surface area contributed by atoms with Crippen LogP contribution in [0.15, 0.2) is 47.4 Å². The molecule has 0 aromatic heterocycles. The van der Waals surface area contributed by atoms with E-state index in [0.29, 0.717) is 16.8 Å². The largest absolute Gasteiger partial charge is 0.274 e. The Bertz CT molecular complexity index is 723. The van der Waals surface area contributed by atoms with Crippen molar-refractivity contribution >= 4 is 33.2 Å². The molecule has 1 amide bonds. The van der Waals surface area contributed by atoms with Gasteiger partial charge in [0.1, 0.15) is 11.6 Å². The zero-order valence-electron chi connectivity index (χ0n) is 10.2. The number of rotatable bonds is 1. The molecular weight excluding hydrogens is 328 g/mol. The van der Waals surface area contributed by atoms with Crippen LogP contribution in [0.5, 0.6) is 0 Å². The van der Waals surface area contributed by atoms with Crippen molar-refractivity contribution in [1.82, 2.24) is 0 Å². The first kappa shape index (κ1) is 13.0. The SMILES string of the molecule is C=C1c2ccccc2C(=O)N1c1cc(F)c(Br)cc1F. The number of hydrogen-bond acceptors (Lipinski definition) is 1. The number of anilines is 1. The lowest BCUT2D eigenvalue weighted by Gasteiger charge is -2.18. The van der Waals surface area contributed by atoms with Gasteiger partial charge in [-0.1, -0.05) is 24.8 Å². The highest BCUT2D eigenvalue weighted by Crippen LogP contribution is 2.38.